The van der Waals surface area contributed by atoms with Crippen LogP contribution in [0.25, 0.3) is 16.9 Å². The Labute approximate surface area is 202 Å². The molecule has 4 rings (SSSR count). The maximum absolute atomic E-state index is 12.9. The van der Waals surface area contributed by atoms with E-state index in [2.05, 4.69) is 15.7 Å². The molecule has 0 unspecified atom stereocenters. The van der Waals surface area contributed by atoms with E-state index in [1.165, 1.54) is 6.92 Å². The number of anilines is 2. The van der Waals surface area contributed by atoms with Crippen LogP contribution in [0.1, 0.15) is 22.8 Å². The first kappa shape index (κ1) is 23.4. The Kier molecular flexibility index (Phi) is 7.02. The minimum atomic E-state index is -0.654. The Bertz CT molecular complexity index is 1340. The van der Waals surface area contributed by atoms with Gasteiger partial charge in [0.25, 0.3) is 5.91 Å². The fourth-order valence-electron chi connectivity index (χ4n) is 3.41. The standard InChI is InChI=1S/C27H24N4O4/c1-18-8-14-23(15-9-18)31-16-24(26(30-31)20-6-4-3-5-7-20)27(34)35-17-25(33)29-22-12-10-21(11-13-22)28-19(2)32/h3-16H,17H2,1-2H3,(H,28,32)(H,29,33). The lowest BCUT2D eigenvalue weighted by atomic mass is 10.1. The topological polar surface area (TPSA) is 102 Å². The van der Waals surface area contributed by atoms with E-state index in [1.807, 2.05) is 61.5 Å². The summed E-state index contributed by atoms with van der Waals surface area (Å²) in [4.78, 5) is 36.4. The molecule has 0 aliphatic carbocycles. The van der Waals surface area contributed by atoms with E-state index < -0.39 is 18.5 Å². The second-order valence-electron chi connectivity index (χ2n) is 7.92. The summed E-state index contributed by atoms with van der Waals surface area (Å²) < 4.78 is 6.93. The number of hydrogen-bond acceptors (Lipinski definition) is 5. The lowest BCUT2D eigenvalue weighted by Crippen LogP contribution is -2.21. The van der Waals surface area contributed by atoms with Gasteiger partial charge < -0.3 is 15.4 Å². The van der Waals surface area contributed by atoms with Gasteiger partial charge in [0.05, 0.1) is 5.69 Å². The maximum atomic E-state index is 12.9. The van der Waals surface area contributed by atoms with Gasteiger partial charge in [-0.15, -0.1) is 0 Å². The summed E-state index contributed by atoms with van der Waals surface area (Å²) in [5, 5.41) is 9.92. The number of rotatable bonds is 7. The molecule has 4 aromatic rings. The van der Waals surface area contributed by atoms with Crippen molar-refractivity contribution in [2.75, 3.05) is 17.2 Å². The van der Waals surface area contributed by atoms with Crippen molar-refractivity contribution in [3.8, 4) is 16.9 Å². The quantitative estimate of drug-likeness (QED) is 0.386. The van der Waals surface area contributed by atoms with Crippen molar-refractivity contribution >= 4 is 29.2 Å². The summed E-state index contributed by atoms with van der Waals surface area (Å²) in [6, 6.07) is 23.7. The Balaban J connectivity index is 1.47. The number of aryl methyl sites for hydroxylation is 1. The van der Waals surface area contributed by atoms with E-state index in [0.29, 0.717) is 17.1 Å². The maximum Gasteiger partial charge on any atom is 0.342 e. The summed E-state index contributed by atoms with van der Waals surface area (Å²) in [6.07, 6.45) is 1.61. The molecule has 0 aliphatic rings. The molecule has 2 amide bonds. The number of nitrogens with zero attached hydrogens (tertiary/aromatic N) is 2. The average Bonchev–Trinajstić information content (AvgIpc) is 3.30. The highest BCUT2D eigenvalue weighted by molar-refractivity contribution is 5.99. The van der Waals surface area contributed by atoms with Crippen LogP contribution in [0.2, 0.25) is 0 Å². The third-order valence-corrected chi connectivity index (χ3v) is 5.10. The number of aromatic nitrogens is 2. The number of carbonyl (C=O) groups excluding carboxylic acids is 3. The van der Waals surface area contributed by atoms with Gasteiger partial charge in [-0.1, -0.05) is 48.0 Å². The predicted molar refractivity (Wildman–Crippen MR) is 133 cm³/mol. The molecule has 176 valence electrons. The van der Waals surface area contributed by atoms with E-state index in [9.17, 15) is 14.4 Å². The van der Waals surface area contributed by atoms with Crippen molar-refractivity contribution in [1.82, 2.24) is 9.78 Å². The van der Waals surface area contributed by atoms with Crippen LogP contribution < -0.4 is 10.6 Å². The van der Waals surface area contributed by atoms with Crippen molar-refractivity contribution in [3.05, 3.63) is 96.2 Å². The number of esters is 1. The Morgan fingerprint density at radius 3 is 2.11 bits per heavy atom. The zero-order valence-corrected chi connectivity index (χ0v) is 19.3. The van der Waals surface area contributed by atoms with Crippen LogP contribution in [0.4, 0.5) is 11.4 Å². The second kappa shape index (κ2) is 10.5. The average molecular weight is 469 g/mol. The van der Waals surface area contributed by atoms with E-state index in [4.69, 9.17) is 4.74 Å². The highest BCUT2D eigenvalue weighted by Gasteiger charge is 2.21. The first-order valence-electron chi connectivity index (χ1n) is 11.0. The summed E-state index contributed by atoms with van der Waals surface area (Å²) in [5.74, 6) is -1.33. The lowest BCUT2D eigenvalue weighted by Gasteiger charge is -2.08. The van der Waals surface area contributed by atoms with Crippen molar-refractivity contribution in [3.63, 3.8) is 0 Å². The lowest BCUT2D eigenvalue weighted by molar-refractivity contribution is -0.119. The second-order valence-corrected chi connectivity index (χ2v) is 7.92. The smallest absolute Gasteiger partial charge is 0.342 e. The van der Waals surface area contributed by atoms with Gasteiger partial charge in [-0.3, -0.25) is 9.59 Å². The molecule has 0 saturated carbocycles. The van der Waals surface area contributed by atoms with Gasteiger partial charge in [-0.2, -0.15) is 5.10 Å². The molecule has 8 nitrogen and oxygen atoms in total. The molecular formula is C27H24N4O4. The Morgan fingerprint density at radius 2 is 1.49 bits per heavy atom. The monoisotopic (exact) mass is 468 g/mol. The van der Waals surface area contributed by atoms with Crippen LogP contribution in [0.3, 0.4) is 0 Å². The van der Waals surface area contributed by atoms with E-state index in [1.54, 1.807) is 35.1 Å². The molecule has 8 heteroatoms. The molecule has 0 aliphatic heterocycles. The van der Waals surface area contributed by atoms with Crippen LogP contribution in [0.5, 0.6) is 0 Å². The Hall–Kier alpha value is -4.72. The summed E-state index contributed by atoms with van der Waals surface area (Å²) in [7, 11) is 0. The normalized spacial score (nSPS) is 10.5. The molecule has 0 bridgehead atoms. The third kappa shape index (κ3) is 6.00. The third-order valence-electron chi connectivity index (χ3n) is 5.10. The summed E-state index contributed by atoms with van der Waals surface area (Å²) in [5.41, 5.74) is 4.51. The van der Waals surface area contributed by atoms with E-state index in [-0.39, 0.29) is 11.5 Å². The fraction of sp³-hybridized carbons (Fsp3) is 0.111. The SMILES string of the molecule is CC(=O)Nc1ccc(NC(=O)COC(=O)c2cn(-c3ccc(C)cc3)nc2-c2ccccc2)cc1. The molecule has 0 fully saturated rings. The van der Waals surface area contributed by atoms with Crippen LogP contribution in [0.15, 0.2) is 85.1 Å². The van der Waals surface area contributed by atoms with Gasteiger partial charge in [0, 0.05) is 30.1 Å². The molecular weight excluding hydrogens is 444 g/mol. The highest BCUT2D eigenvalue weighted by atomic mass is 16.5. The summed E-state index contributed by atoms with van der Waals surface area (Å²) in [6.45, 7) is 2.95. The number of benzene rings is 3. The van der Waals surface area contributed by atoms with Gasteiger partial charge in [0.15, 0.2) is 6.61 Å². The minimum Gasteiger partial charge on any atom is -0.452 e. The van der Waals surface area contributed by atoms with Gasteiger partial charge in [0.1, 0.15) is 11.3 Å². The molecule has 3 aromatic carbocycles. The number of hydrogen-bond donors (Lipinski definition) is 2. The zero-order chi connectivity index (χ0) is 24.8. The first-order chi connectivity index (χ1) is 16.9. The van der Waals surface area contributed by atoms with Gasteiger partial charge in [-0.25, -0.2) is 9.48 Å². The van der Waals surface area contributed by atoms with Crippen LogP contribution in [-0.4, -0.2) is 34.2 Å². The fourth-order valence-corrected chi connectivity index (χ4v) is 3.41. The molecule has 35 heavy (non-hydrogen) atoms. The highest BCUT2D eigenvalue weighted by Crippen LogP contribution is 2.24. The number of ether oxygens (including phenoxy) is 1. The molecule has 2 N–H and O–H groups in total. The van der Waals surface area contributed by atoms with Crippen molar-refractivity contribution in [2.45, 2.75) is 13.8 Å². The van der Waals surface area contributed by atoms with Gasteiger partial charge in [0.2, 0.25) is 5.91 Å². The predicted octanol–water partition coefficient (Wildman–Crippen LogP) is 4.60. The van der Waals surface area contributed by atoms with E-state index in [0.717, 1.165) is 16.8 Å². The summed E-state index contributed by atoms with van der Waals surface area (Å²) >= 11 is 0. The van der Waals surface area contributed by atoms with E-state index >= 15 is 0 Å². The van der Waals surface area contributed by atoms with Gasteiger partial charge >= 0.3 is 5.97 Å². The molecule has 1 aromatic heterocycles. The minimum absolute atomic E-state index is 0.186. The zero-order valence-electron chi connectivity index (χ0n) is 19.3. The van der Waals surface area contributed by atoms with Crippen LogP contribution >= 0.6 is 0 Å². The molecule has 1 heterocycles. The molecule has 0 atom stereocenters. The van der Waals surface area contributed by atoms with Crippen LogP contribution in [0, 0.1) is 6.92 Å². The number of nitrogens with one attached hydrogen (secondary N) is 2. The van der Waals surface area contributed by atoms with Crippen molar-refractivity contribution < 1.29 is 19.1 Å². The number of amides is 2. The van der Waals surface area contributed by atoms with Crippen molar-refractivity contribution in [1.29, 1.82) is 0 Å². The Morgan fingerprint density at radius 1 is 0.857 bits per heavy atom. The number of carbonyl (C=O) groups is 3. The molecule has 0 radical (unpaired) electrons. The largest absolute Gasteiger partial charge is 0.452 e. The molecule has 0 spiro atoms. The van der Waals surface area contributed by atoms with Gasteiger partial charge in [-0.05, 0) is 43.3 Å². The van der Waals surface area contributed by atoms with Crippen molar-refractivity contribution in [2.24, 2.45) is 0 Å². The first-order valence-corrected chi connectivity index (χ1v) is 11.0. The van der Waals surface area contributed by atoms with Crippen LogP contribution in [-0.2, 0) is 14.3 Å². The molecule has 0 saturated heterocycles.